The van der Waals surface area contributed by atoms with E-state index in [1.807, 2.05) is 20.8 Å². The Labute approximate surface area is 131 Å². The standard InChI is InChI=1S/C15H18F2N4O2/c1-9-19-21(15(2,3)4)14(23)20(9)8-13(22)18-12-6-5-10(16)7-11(12)17/h5-7H,8H2,1-4H3,(H,18,22). The summed E-state index contributed by atoms with van der Waals surface area (Å²) in [6.45, 7) is 6.75. The molecule has 0 saturated heterocycles. The Bertz CT molecular complexity index is 803. The lowest BCUT2D eigenvalue weighted by Crippen LogP contribution is -2.37. The van der Waals surface area contributed by atoms with Gasteiger partial charge in [-0.2, -0.15) is 5.10 Å². The zero-order valence-electron chi connectivity index (χ0n) is 13.4. The molecule has 1 N–H and O–H groups in total. The number of carbonyl (C=O) groups is 1. The van der Waals surface area contributed by atoms with Crippen LogP contribution in [0, 0.1) is 18.6 Å². The van der Waals surface area contributed by atoms with Crippen LogP contribution in [0.2, 0.25) is 0 Å². The van der Waals surface area contributed by atoms with Crippen molar-refractivity contribution in [1.82, 2.24) is 14.3 Å². The summed E-state index contributed by atoms with van der Waals surface area (Å²) in [7, 11) is 0. The van der Waals surface area contributed by atoms with Gasteiger partial charge in [-0.1, -0.05) is 0 Å². The maximum atomic E-state index is 13.5. The van der Waals surface area contributed by atoms with Gasteiger partial charge in [0.25, 0.3) is 0 Å². The minimum absolute atomic E-state index is 0.148. The third-order valence-electron chi connectivity index (χ3n) is 3.19. The van der Waals surface area contributed by atoms with Gasteiger partial charge in [0.2, 0.25) is 5.91 Å². The summed E-state index contributed by atoms with van der Waals surface area (Å²) < 4.78 is 28.9. The van der Waals surface area contributed by atoms with Crippen LogP contribution in [0.15, 0.2) is 23.0 Å². The van der Waals surface area contributed by atoms with Gasteiger partial charge in [-0.05, 0) is 39.8 Å². The highest BCUT2D eigenvalue weighted by Crippen LogP contribution is 2.15. The third-order valence-corrected chi connectivity index (χ3v) is 3.19. The number of nitrogens with one attached hydrogen (secondary N) is 1. The molecule has 8 heteroatoms. The van der Waals surface area contributed by atoms with Crippen molar-refractivity contribution in [2.75, 3.05) is 5.32 Å². The van der Waals surface area contributed by atoms with Crippen LogP contribution in [-0.4, -0.2) is 20.3 Å². The van der Waals surface area contributed by atoms with E-state index >= 15 is 0 Å². The van der Waals surface area contributed by atoms with Crippen LogP contribution in [0.25, 0.3) is 0 Å². The monoisotopic (exact) mass is 324 g/mol. The SMILES string of the molecule is Cc1nn(C(C)(C)C)c(=O)n1CC(=O)Nc1ccc(F)cc1F. The average molecular weight is 324 g/mol. The highest BCUT2D eigenvalue weighted by atomic mass is 19.1. The number of aromatic nitrogens is 3. The molecule has 1 aromatic carbocycles. The van der Waals surface area contributed by atoms with Crippen LogP contribution in [0.5, 0.6) is 0 Å². The van der Waals surface area contributed by atoms with Crippen LogP contribution in [0.4, 0.5) is 14.5 Å². The fourth-order valence-electron chi connectivity index (χ4n) is 2.04. The molecule has 2 aromatic rings. The van der Waals surface area contributed by atoms with Crippen LogP contribution in [-0.2, 0) is 16.9 Å². The molecule has 0 atom stereocenters. The molecule has 0 aliphatic heterocycles. The number of amides is 1. The number of hydrogen-bond acceptors (Lipinski definition) is 3. The Kier molecular flexibility index (Phi) is 4.35. The highest BCUT2D eigenvalue weighted by molar-refractivity contribution is 5.90. The second-order valence-electron chi connectivity index (χ2n) is 6.17. The molecule has 1 aromatic heterocycles. The van der Waals surface area contributed by atoms with E-state index in [0.29, 0.717) is 11.9 Å². The molecule has 0 radical (unpaired) electrons. The summed E-state index contributed by atoms with van der Waals surface area (Å²) in [5.74, 6) is -1.85. The number of nitrogens with zero attached hydrogens (tertiary/aromatic N) is 3. The fraction of sp³-hybridized carbons (Fsp3) is 0.400. The van der Waals surface area contributed by atoms with E-state index in [0.717, 1.165) is 12.1 Å². The molecule has 0 fully saturated rings. The van der Waals surface area contributed by atoms with Crippen molar-refractivity contribution in [3.8, 4) is 0 Å². The van der Waals surface area contributed by atoms with Gasteiger partial charge >= 0.3 is 5.69 Å². The summed E-state index contributed by atoms with van der Waals surface area (Å²) in [6, 6.07) is 2.83. The quantitative estimate of drug-likeness (QED) is 0.939. The molecule has 1 amide bonds. The van der Waals surface area contributed by atoms with Crippen molar-refractivity contribution in [3.05, 3.63) is 46.1 Å². The lowest BCUT2D eigenvalue weighted by molar-refractivity contribution is -0.116. The zero-order chi connectivity index (χ0) is 17.4. The minimum atomic E-state index is -0.882. The third kappa shape index (κ3) is 3.64. The van der Waals surface area contributed by atoms with Gasteiger partial charge in [0.1, 0.15) is 24.0 Å². The van der Waals surface area contributed by atoms with Crippen molar-refractivity contribution >= 4 is 11.6 Å². The molecule has 0 unspecified atom stereocenters. The van der Waals surface area contributed by atoms with Crippen LogP contribution >= 0.6 is 0 Å². The first-order valence-corrected chi connectivity index (χ1v) is 7.01. The molecule has 2 rings (SSSR count). The molecule has 0 saturated carbocycles. The van der Waals surface area contributed by atoms with E-state index in [1.54, 1.807) is 6.92 Å². The predicted molar refractivity (Wildman–Crippen MR) is 81.2 cm³/mol. The maximum absolute atomic E-state index is 13.5. The Morgan fingerprint density at radius 1 is 1.30 bits per heavy atom. The van der Waals surface area contributed by atoms with Crippen molar-refractivity contribution in [3.63, 3.8) is 0 Å². The lowest BCUT2D eigenvalue weighted by Gasteiger charge is -2.16. The number of benzene rings is 1. The highest BCUT2D eigenvalue weighted by Gasteiger charge is 2.22. The summed E-state index contributed by atoms with van der Waals surface area (Å²) in [5.41, 5.74) is -1.10. The first kappa shape index (κ1) is 16.9. The smallest absolute Gasteiger partial charge is 0.322 e. The van der Waals surface area contributed by atoms with Gasteiger partial charge in [-0.3, -0.25) is 9.36 Å². The van der Waals surface area contributed by atoms with Crippen LogP contribution in [0.3, 0.4) is 0 Å². The average Bonchev–Trinajstić information content (AvgIpc) is 2.70. The van der Waals surface area contributed by atoms with E-state index in [2.05, 4.69) is 10.4 Å². The van der Waals surface area contributed by atoms with Gasteiger partial charge in [-0.25, -0.2) is 18.3 Å². The molecule has 0 bridgehead atoms. The van der Waals surface area contributed by atoms with Crippen LogP contribution < -0.4 is 11.0 Å². The summed E-state index contributed by atoms with van der Waals surface area (Å²) in [6.07, 6.45) is 0. The summed E-state index contributed by atoms with van der Waals surface area (Å²) >= 11 is 0. The van der Waals surface area contributed by atoms with Crippen LogP contribution in [0.1, 0.15) is 26.6 Å². The molecule has 1 heterocycles. The molecular formula is C15H18F2N4O2. The Morgan fingerprint density at radius 3 is 2.48 bits per heavy atom. The van der Waals surface area contributed by atoms with E-state index < -0.39 is 28.8 Å². The van der Waals surface area contributed by atoms with E-state index in [4.69, 9.17) is 0 Å². The van der Waals surface area contributed by atoms with Crippen molar-refractivity contribution in [2.45, 2.75) is 39.8 Å². The normalized spacial score (nSPS) is 11.6. The second kappa shape index (κ2) is 5.94. The Hall–Kier alpha value is -2.51. The van der Waals surface area contributed by atoms with Crippen molar-refractivity contribution < 1.29 is 13.6 Å². The van der Waals surface area contributed by atoms with Gasteiger partial charge < -0.3 is 5.32 Å². The number of halogens is 2. The van der Waals surface area contributed by atoms with E-state index in [1.165, 1.54) is 9.25 Å². The van der Waals surface area contributed by atoms with E-state index in [-0.39, 0.29) is 12.2 Å². The van der Waals surface area contributed by atoms with Gasteiger partial charge in [-0.15, -0.1) is 0 Å². The second-order valence-corrected chi connectivity index (χ2v) is 6.17. The predicted octanol–water partition coefficient (Wildman–Crippen LogP) is 2.03. The first-order valence-electron chi connectivity index (χ1n) is 7.01. The summed E-state index contributed by atoms with van der Waals surface area (Å²) in [5, 5.41) is 6.45. The molecular weight excluding hydrogens is 306 g/mol. The topological polar surface area (TPSA) is 68.9 Å². The Morgan fingerprint density at radius 2 is 1.96 bits per heavy atom. The molecule has 6 nitrogen and oxygen atoms in total. The van der Waals surface area contributed by atoms with Crippen molar-refractivity contribution in [1.29, 1.82) is 0 Å². The number of hydrogen-bond donors (Lipinski definition) is 1. The van der Waals surface area contributed by atoms with Crippen molar-refractivity contribution in [2.24, 2.45) is 0 Å². The maximum Gasteiger partial charge on any atom is 0.346 e. The zero-order valence-corrected chi connectivity index (χ0v) is 13.4. The molecule has 0 aliphatic rings. The molecule has 0 spiro atoms. The molecule has 124 valence electrons. The fourth-order valence-corrected chi connectivity index (χ4v) is 2.04. The van der Waals surface area contributed by atoms with Gasteiger partial charge in [0, 0.05) is 6.07 Å². The summed E-state index contributed by atoms with van der Waals surface area (Å²) in [4.78, 5) is 24.3. The lowest BCUT2D eigenvalue weighted by atomic mass is 10.1. The number of aryl methyl sites for hydroxylation is 1. The van der Waals surface area contributed by atoms with E-state index in [9.17, 15) is 18.4 Å². The molecule has 23 heavy (non-hydrogen) atoms. The first-order chi connectivity index (χ1) is 10.6. The van der Waals surface area contributed by atoms with Gasteiger partial charge in [0.05, 0.1) is 11.2 Å². The van der Waals surface area contributed by atoms with Gasteiger partial charge in [0.15, 0.2) is 0 Å². The molecule has 0 aliphatic carbocycles. The Balaban J connectivity index is 2.21. The number of anilines is 1. The number of rotatable bonds is 3. The number of carbonyl (C=O) groups excluding carboxylic acids is 1. The largest absolute Gasteiger partial charge is 0.346 e. The minimum Gasteiger partial charge on any atom is -0.322 e.